The summed E-state index contributed by atoms with van der Waals surface area (Å²) in [6, 6.07) is 9.88. The van der Waals surface area contributed by atoms with Crippen LogP contribution in [0.1, 0.15) is 57.4 Å². The highest BCUT2D eigenvalue weighted by Gasteiger charge is 2.35. The molecule has 1 aliphatic carbocycles. The van der Waals surface area contributed by atoms with E-state index >= 15 is 0 Å². The average molecular weight is 394 g/mol. The Hall–Kier alpha value is -1.76. The molecule has 0 amide bonds. The van der Waals surface area contributed by atoms with Crippen LogP contribution < -0.4 is 0 Å². The van der Waals surface area contributed by atoms with Gasteiger partial charge in [0, 0.05) is 19.4 Å². The number of rotatable bonds is 11. The minimum atomic E-state index is -0.675. The topological polar surface area (TPSA) is 87.1 Å². The van der Waals surface area contributed by atoms with E-state index in [-0.39, 0.29) is 24.5 Å². The van der Waals surface area contributed by atoms with Gasteiger partial charge in [0.2, 0.25) is 0 Å². The molecular formula is C22H35NO5. The van der Waals surface area contributed by atoms with Gasteiger partial charge in [-0.25, -0.2) is 0 Å². The third-order valence-electron chi connectivity index (χ3n) is 4.84. The lowest BCUT2D eigenvalue weighted by atomic mass is 10.2. The summed E-state index contributed by atoms with van der Waals surface area (Å²) in [4.78, 5) is 23.8. The molecule has 28 heavy (non-hydrogen) atoms. The number of ketones is 1. The summed E-state index contributed by atoms with van der Waals surface area (Å²) in [6.07, 6.45) is 5.76. The number of likely N-dealkylation sites (N-methyl/N-ethyl adjacent to an activating group) is 1. The fourth-order valence-corrected chi connectivity index (χ4v) is 3.18. The highest BCUT2D eigenvalue weighted by atomic mass is 16.5. The van der Waals surface area contributed by atoms with Gasteiger partial charge in [0.1, 0.15) is 0 Å². The molecule has 6 nitrogen and oxygen atoms in total. The quantitative estimate of drug-likeness (QED) is 0.561. The second-order valence-corrected chi connectivity index (χ2v) is 7.25. The molecule has 158 valence electrons. The predicted octanol–water partition coefficient (Wildman–Crippen LogP) is 3.27. The monoisotopic (exact) mass is 393 g/mol. The third kappa shape index (κ3) is 9.97. The van der Waals surface area contributed by atoms with E-state index in [1.54, 1.807) is 0 Å². The molecule has 0 unspecified atom stereocenters. The number of hydrogen-bond acceptors (Lipinski definition) is 5. The smallest absolute Gasteiger partial charge is 0.303 e. The van der Waals surface area contributed by atoms with E-state index in [2.05, 4.69) is 6.92 Å². The van der Waals surface area contributed by atoms with Gasteiger partial charge in [-0.1, -0.05) is 56.5 Å². The van der Waals surface area contributed by atoms with Crippen molar-refractivity contribution in [3.63, 3.8) is 0 Å². The fourth-order valence-electron chi connectivity index (χ4n) is 3.18. The summed E-state index contributed by atoms with van der Waals surface area (Å²) in [7, 11) is 1.87. The molecule has 6 heteroatoms. The molecular weight excluding hydrogens is 358 g/mol. The van der Waals surface area contributed by atoms with Gasteiger partial charge in [0.25, 0.3) is 0 Å². The van der Waals surface area contributed by atoms with Crippen molar-refractivity contribution < 1.29 is 24.5 Å². The second kappa shape index (κ2) is 14.3. The molecule has 1 aliphatic rings. The first-order chi connectivity index (χ1) is 13.5. The van der Waals surface area contributed by atoms with Gasteiger partial charge < -0.3 is 14.9 Å². The van der Waals surface area contributed by atoms with Crippen molar-refractivity contribution in [2.45, 2.75) is 70.6 Å². The summed E-state index contributed by atoms with van der Waals surface area (Å²) in [6.45, 7) is 3.27. The maximum atomic E-state index is 11.9. The summed E-state index contributed by atoms with van der Waals surface area (Å²) >= 11 is 0. The lowest BCUT2D eigenvalue weighted by Gasteiger charge is -2.21. The molecule has 0 aliphatic heterocycles. The maximum Gasteiger partial charge on any atom is 0.303 e. The van der Waals surface area contributed by atoms with Gasteiger partial charge in [0.05, 0.1) is 25.4 Å². The number of aliphatic carboxylic acids is 1. The number of hydrogen-bond donors (Lipinski definition) is 2. The van der Waals surface area contributed by atoms with E-state index in [9.17, 15) is 9.59 Å². The zero-order chi connectivity index (χ0) is 20.8. The fraction of sp³-hybridized carbons (Fsp3) is 0.636. The average Bonchev–Trinajstić information content (AvgIpc) is 3.06. The Morgan fingerprint density at radius 2 is 1.93 bits per heavy atom. The zero-order valence-electron chi connectivity index (χ0n) is 17.2. The van der Waals surface area contributed by atoms with E-state index in [1.807, 2.05) is 42.3 Å². The third-order valence-corrected chi connectivity index (χ3v) is 4.84. The molecule has 0 aromatic heterocycles. The van der Waals surface area contributed by atoms with Gasteiger partial charge in [-0.05, 0) is 25.5 Å². The SMILES string of the molecule is CCCCCCC(=O)O.CN(CCO)[C@@H]1C[C@@H](OCc2ccccc2)CC1=O. The van der Waals surface area contributed by atoms with Crippen molar-refractivity contribution in [2.75, 3.05) is 20.2 Å². The number of aliphatic hydroxyl groups excluding tert-OH is 1. The van der Waals surface area contributed by atoms with Crippen LogP contribution in [0.4, 0.5) is 0 Å². The number of carboxylic acids is 1. The largest absolute Gasteiger partial charge is 0.481 e. The number of Topliss-reactive ketones (excluding diaryl/α,β-unsaturated/α-hetero) is 1. The summed E-state index contributed by atoms with van der Waals surface area (Å²) < 4.78 is 5.81. The highest BCUT2D eigenvalue weighted by Crippen LogP contribution is 2.23. The Kier molecular flexibility index (Phi) is 12.4. The van der Waals surface area contributed by atoms with Crippen molar-refractivity contribution in [1.82, 2.24) is 4.90 Å². The summed E-state index contributed by atoms with van der Waals surface area (Å²) in [5, 5.41) is 17.1. The van der Waals surface area contributed by atoms with Gasteiger partial charge in [-0.15, -0.1) is 0 Å². The van der Waals surface area contributed by atoms with E-state index in [0.29, 0.717) is 26.0 Å². The number of carboxylic acid groups (broad SMARTS) is 1. The van der Waals surface area contributed by atoms with Crippen molar-refractivity contribution >= 4 is 11.8 Å². The minimum absolute atomic E-state index is 0.00107. The molecule has 0 spiro atoms. The first kappa shape index (κ1) is 24.3. The Labute approximate surface area is 168 Å². The Balaban J connectivity index is 0.000000370. The highest BCUT2D eigenvalue weighted by molar-refractivity contribution is 5.86. The standard InChI is InChI=1S/C15H21NO3.C7H14O2/c1-16(7-8-17)14-9-13(10-15(14)18)19-11-12-5-3-2-4-6-12;1-2-3-4-5-6-7(8)9/h2-6,13-14,17H,7-11H2,1H3;2-6H2,1H3,(H,8,9)/t13-,14-;/m1./s1. The number of carbonyl (C=O) groups is 2. The van der Waals surface area contributed by atoms with Crippen LogP contribution in [0, 0.1) is 0 Å². The van der Waals surface area contributed by atoms with Crippen LogP contribution in [0.2, 0.25) is 0 Å². The van der Waals surface area contributed by atoms with Crippen LogP contribution in [-0.2, 0) is 20.9 Å². The van der Waals surface area contributed by atoms with Gasteiger partial charge in [-0.2, -0.15) is 0 Å². The number of aliphatic hydroxyl groups is 1. The lowest BCUT2D eigenvalue weighted by molar-refractivity contribution is -0.137. The van der Waals surface area contributed by atoms with Crippen molar-refractivity contribution in [3.05, 3.63) is 35.9 Å². The van der Waals surface area contributed by atoms with Gasteiger partial charge in [-0.3, -0.25) is 14.5 Å². The van der Waals surface area contributed by atoms with Gasteiger partial charge >= 0.3 is 5.97 Å². The molecule has 0 saturated heterocycles. The molecule has 2 atom stereocenters. The maximum absolute atomic E-state index is 11.9. The first-order valence-corrected chi connectivity index (χ1v) is 10.2. The van der Waals surface area contributed by atoms with Crippen molar-refractivity contribution in [1.29, 1.82) is 0 Å². The van der Waals surface area contributed by atoms with E-state index in [4.69, 9.17) is 14.9 Å². The Morgan fingerprint density at radius 3 is 2.54 bits per heavy atom. The number of carbonyl (C=O) groups excluding carboxylic acids is 1. The number of ether oxygens (including phenoxy) is 1. The van der Waals surface area contributed by atoms with Gasteiger partial charge in [0.15, 0.2) is 5.78 Å². The Morgan fingerprint density at radius 1 is 1.21 bits per heavy atom. The number of nitrogens with zero attached hydrogens (tertiary/aromatic N) is 1. The number of benzene rings is 1. The minimum Gasteiger partial charge on any atom is -0.481 e. The first-order valence-electron chi connectivity index (χ1n) is 10.2. The Bertz CT molecular complexity index is 563. The molecule has 0 radical (unpaired) electrons. The van der Waals surface area contributed by atoms with Crippen LogP contribution >= 0.6 is 0 Å². The normalized spacial score (nSPS) is 18.8. The zero-order valence-corrected chi connectivity index (χ0v) is 17.2. The molecule has 1 aromatic rings. The second-order valence-electron chi connectivity index (χ2n) is 7.25. The van der Waals surface area contributed by atoms with Crippen LogP contribution in [0.3, 0.4) is 0 Å². The van der Waals surface area contributed by atoms with Crippen LogP contribution in [0.15, 0.2) is 30.3 Å². The molecule has 2 N–H and O–H groups in total. The molecule has 1 aromatic carbocycles. The van der Waals surface area contributed by atoms with E-state index in [1.165, 1.54) is 6.42 Å². The van der Waals surface area contributed by atoms with Crippen LogP contribution in [0.5, 0.6) is 0 Å². The predicted molar refractivity (Wildman–Crippen MR) is 109 cm³/mol. The molecule has 0 bridgehead atoms. The van der Waals surface area contributed by atoms with E-state index in [0.717, 1.165) is 31.2 Å². The number of unbranched alkanes of at least 4 members (excludes halogenated alkanes) is 3. The molecule has 1 saturated carbocycles. The van der Waals surface area contributed by atoms with Crippen LogP contribution in [0.25, 0.3) is 0 Å². The lowest BCUT2D eigenvalue weighted by Crippen LogP contribution is -2.36. The molecule has 1 fully saturated rings. The van der Waals surface area contributed by atoms with Crippen LogP contribution in [-0.4, -0.2) is 59.2 Å². The molecule has 0 heterocycles. The molecule has 2 rings (SSSR count). The summed E-state index contributed by atoms with van der Waals surface area (Å²) in [5.41, 5.74) is 1.13. The van der Waals surface area contributed by atoms with E-state index < -0.39 is 5.97 Å². The summed E-state index contributed by atoms with van der Waals surface area (Å²) in [5.74, 6) is -0.458. The van der Waals surface area contributed by atoms with Crippen molar-refractivity contribution in [2.24, 2.45) is 0 Å². The van der Waals surface area contributed by atoms with Crippen molar-refractivity contribution in [3.8, 4) is 0 Å².